The van der Waals surface area contributed by atoms with Crippen molar-refractivity contribution in [3.8, 4) is 0 Å². The number of hydrogen-bond donors (Lipinski definition) is 2. The van der Waals surface area contributed by atoms with E-state index in [2.05, 4.69) is 10.3 Å². The average molecular weight is 292 g/mol. The molecular formula is C14H10F2N2O3. The second-order valence-corrected chi connectivity index (χ2v) is 4.15. The fourth-order valence-electron chi connectivity index (χ4n) is 1.64. The summed E-state index contributed by atoms with van der Waals surface area (Å²) in [6.45, 7) is 0.0577. The van der Waals surface area contributed by atoms with Gasteiger partial charge >= 0.3 is 5.97 Å². The van der Waals surface area contributed by atoms with Crippen LogP contribution in [0.2, 0.25) is 0 Å². The molecule has 2 aromatic rings. The Balaban J connectivity index is 2.04. The lowest BCUT2D eigenvalue weighted by Gasteiger charge is -2.06. The van der Waals surface area contributed by atoms with Crippen LogP contribution in [0.15, 0.2) is 36.5 Å². The summed E-state index contributed by atoms with van der Waals surface area (Å²) in [4.78, 5) is 25.5. The Hall–Kier alpha value is -2.83. The van der Waals surface area contributed by atoms with Crippen LogP contribution in [0.25, 0.3) is 0 Å². The van der Waals surface area contributed by atoms with Crippen molar-refractivity contribution < 1.29 is 23.5 Å². The first kappa shape index (κ1) is 14.6. The van der Waals surface area contributed by atoms with Gasteiger partial charge in [0.15, 0.2) is 5.82 Å². The van der Waals surface area contributed by atoms with Gasteiger partial charge in [0, 0.05) is 12.7 Å². The van der Waals surface area contributed by atoms with Crippen molar-refractivity contribution in [2.75, 3.05) is 0 Å². The topological polar surface area (TPSA) is 79.3 Å². The number of hydrogen-bond acceptors (Lipinski definition) is 3. The molecule has 7 heteroatoms. The molecule has 0 bridgehead atoms. The molecule has 2 rings (SSSR count). The highest BCUT2D eigenvalue weighted by atomic mass is 19.2. The number of carboxylic acids is 1. The number of halogens is 2. The van der Waals surface area contributed by atoms with Crippen LogP contribution in [0.1, 0.15) is 26.3 Å². The Morgan fingerprint density at radius 2 is 1.81 bits per heavy atom. The SMILES string of the molecule is O=C(O)c1ccc(CNC(=O)c2ccnc(F)c2F)cc1. The maximum absolute atomic E-state index is 13.4. The van der Waals surface area contributed by atoms with E-state index in [1.54, 1.807) is 0 Å². The van der Waals surface area contributed by atoms with Crippen LogP contribution >= 0.6 is 0 Å². The van der Waals surface area contributed by atoms with E-state index in [-0.39, 0.29) is 12.1 Å². The molecule has 1 amide bonds. The number of benzene rings is 1. The number of amides is 1. The molecule has 0 saturated heterocycles. The zero-order valence-electron chi connectivity index (χ0n) is 10.6. The van der Waals surface area contributed by atoms with Gasteiger partial charge in [-0.1, -0.05) is 12.1 Å². The second kappa shape index (κ2) is 6.08. The predicted octanol–water partition coefficient (Wildman–Crippen LogP) is 1.99. The molecule has 1 heterocycles. The number of carbonyl (C=O) groups is 2. The first-order valence-electron chi connectivity index (χ1n) is 5.89. The van der Waals surface area contributed by atoms with Crippen LogP contribution in [0.3, 0.4) is 0 Å². The highest BCUT2D eigenvalue weighted by molar-refractivity contribution is 5.94. The number of nitrogens with one attached hydrogen (secondary N) is 1. The number of aromatic carboxylic acids is 1. The molecule has 0 radical (unpaired) electrons. The van der Waals surface area contributed by atoms with E-state index in [1.165, 1.54) is 24.3 Å². The Labute approximate surface area is 118 Å². The number of nitrogens with zero attached hydrogens (tertiary/aromatic N) is 1. The molecule has 0 aliphatic carbocycles. The molecule has 0 fully saturated rings. The monoisotopic (exact) mass is 292 g/mol. The van der Waals surface area contributed by atoms with Gasteiger partial charge in [0.05, 0.1) is 11.1 Å². The molecule has 0 aliphatic rings. The highest BCUT2D eigenvalue weighted by Gasteiger charge is 2.15. The number of pyridine rings is 1. The zero-order chi connectivity index (χ0) is 15.4. The summed E-state index contributed by atoms with van der Waals surface area (Å²) in [6, 6.07) is 6.88. The molecular weight excluding hydrogens is 282 g/mol. The summed E-state index contributed by atoms with van der Waals surface area (Å²) < 4.78 is 26.3. The minimum Gasteiger partial charge on any atom is -0.478 e. The molecule has 0 aliphatic heterocycles. The van der Waals surface area contributed by atoms with Gasteiger partial charge in [-0.3, -0.25) is 4.79 Å². The summed E-state index contributed by atoms with van der Waals surface area (Å²) in [5.41, 5.74) is 0.306. The molecule has 1 aromatic heterocycles. The summed E-state index contributed by atoms with van der Waals surface area (Å²) >= 11 is 0. The average Bonchev–Trinajstić information content (AvgIpc) is 2.48. The third-order valence-corrected chi connectivity index (χ3v) is 2.75. The Morgan fingerprint density at radius 3 is 2.43 bits per heavy atom. The highest BCUT2D eigenvalue weighted by Crippen LogP contribution is 2.09. The van der Waals surface area contributed by atoms with Crippen LogP contribution < -0.4 is 5.32 Å². The maximum Gasteiger partial charge on any atom is 0.335 e. The van der Waals surface area contributed by atoms with Crippen molar-refractivity contribution in [1.82, 2.24) is 10.3 Å². The van der Waals surface area contributed by atoms with Gasteiger partial charge in [-0.15, -0.1) is 0 Å². The van der Waals surface area contributed by atoms with Crippen molar-refractivity contribution in [2.24, 2.45) is 0 Å². The first-order valence-corrected chi connectivity index (χ1v) is 5.89. The van der Waals surface area contributed by atoms with Crippen molar-refractivity contribution >= 4 is 11.9 Å². The Bertz CT molecular complexity index is 687. The van der Waals surface area contributed by atoms with Crippen LogP contribution in [0.4, 0.5) is 8.78 Å². The van der Waals surface area contributed by atoms with Crippen molar-refractivity contribution in [1.29, 1.82) is 0 Å². The molecule has 0 spiro atoms. The minimum atomic E-state index is -1.34. The second-order valence-electron chi connectivity index (χ2n) is 4.15. The van der Waals surface area contributed by atoms with Gasteiger partial charge in [0.1, 0.15) is 0 Å². The summed E-state index contributed by atoms with van der Waals surface area (Å²) in [7, 11) is 0. The van der Waals surface area contributed by atoms with E-state index in [1.807, 2.05) is 0 Å². The molecule has 1 aromatic carbocycles. The van der Waals surface area contributed by atoms with E-state index in [0.717, 1.165) is 12.3 Å². The van der Waals surface area contributed by atoms with Gasteiger partial charge in [-0.2, -0.15) is 4.39 Å². The molecule has 0 saturated carbocycles. The van der Waals surface area contributed by atoms with Crippen LogP contribution in [-0.4, -0.2) is 22.0 Å². The first-order chi connectivity index (χ1) is 9.99. The van der Waals surface area contributed by atoms with Crippen molar-refractivity contribution in [3.05, 3.63) is 65.0 Å². The van der Waals surface area contributed by atoms with E-state index in [9.17, 15) is 18.4 Å². The van der Waals surface area contributed by atoms with E-state index in [0.29, 0.717) is 5.56 Å². The van der Waals surface area contributed by atoms with Crippen LogP contribution in [0.5, 0.6) is 0 Å². The molecule has 5 nitrogen and oxygen atoms in total. The molecule has 0 unspecified atom stereocenters. The molecule has 108 valence electrons. The van der Waals surface area contributed by atoms with Crippen molar-refractivity contribution in [3.63, 3.8) is 0 Å². The molecule has 21 heavy (non-hydrogen) atoms. The Kier molecular flexibility index (Phi) is 4.22. The van der Waals surface area contributed by atoms with Gasteiger partial charge in [0.25, 0.3) is 5.91 Å². The van der Waals surface area contributed by atoms with Crippen LogP contribution in [-0.2, 0) is 6.54 Å². The lowest BCUT2D eigenvalue weighted by Crippen LogP contribution is -2.24. The van der Waals surface area contributed by atoms with Crippen molar-refractivity contribution in [2.45, 2.75) is 6.54 Å². The third kappa shape index (κ3) is 3.38. The summed E-state index contributed by atoms with van der Waals surface area (Å²) in [6.07, 6.45) is 0.995. The molecule has 2 N–H and O–H groups in total. The smallest absolute Gasteiger partial charge is 0.335 e. The summed E-state index contributed by atoms with van der Waals surface area (Å²) in [5, 5.41) is 11.2. The maximum atomic E-state index is 13.4. The Morgan fingerprint density at radius 1 is 1.14 bits per heavy atom. The van der Waals surface area contributed by atoms with Gasteiger partial charge in [0.2, 0.25) is 5.95 Å². The van der Waals surface area contributed by atoms with E-state index < -0.39 is 29.2 Å². The number of carbonyl (C=O) groups excluding carboxylic acids is 1. The number of carboxylic acid groups (broad SMARTS) is 1. The lowest BCUT2D eigenvalue weighted by molar-refractivity contribution is 0.0696. The summed E-state index contributed by atoms with van der Waals surface area (Å²) in [5.74, 6) is -4.49. The standard InChI is InChI=1S/C14H10F2N2O3/c15-11-10(5-6-17-12(11)16)13(19)18-7-8-1-3-9(4-2-8)14(20)21/h1-6H,7H2,(H,18,19)(H,20,21). The number of rotatable bonds is 4. The lowest BCUT2D eigenvalue weighted by atomic mass is 10.1. The van der Waals surface area contributed by atoms with E-state index >= 15 is 0 Å². The normalized spacial score (nSPS) is 10.2. The van der Waals surface area contributed by atoms with Crippen LogP contribution in [0, 0.1) is 11.8 Å². The van der Waals surface area contributed by atoms with Gasteiger partial charge < -0.3 is 10.4 Å². The fourth-order valence-corrected chi connectivity index (χ4v) is 1.64. The zero-order valence-corrected chi connectivity index (χ0v) is 10.6. The van der Waals surface area contributed by atoms with Gasteiger partial charge in [-0.05, 0) is 23.8 Å². The minimum absolute atomic E-state index is 0.0577. The van der Waals surface area contributed by atoms with E-state index in [4.69, 9.17) is 5.11 Å². The van der Waals surface area contributed by atoms with Gasteiger partial charge in [-0.25, -0.2) is 14.2 Å². The number of aromatic nitrogens is 1. The predicted molar refractivity (Wildman–Crippen MR) is 68.7 cm³/mol. The third-order valence-electron chi connectivity index (χ3n) is 2.75. The fraction of sp³-hybridized carbons (Fsp3) is 0.0714. The molecule has 0 atom stereocenters. The quantitative estimate of drug-likeness (QED) is 0.845. The largest absolute Gasteiger partial charge is 0.478 e.